The Balaban J connectivity index is 1.48. The van der Waals surface area contributed by atoms with Crippen molar-refractivity contribution >= 4 is 11.0 Å². The van der Waals surface area contributed by atoms with Gasteiger partial charge < -0.3 is 5.11 Å². The molecule has 1 N–H and O–H groups in total. The summed E-state index contributed by atoms with van der Waals surface area (Å²) >= 11 is 0. The number of imidazole rings is 1. The largest absolute Gasteiger partial charge is 0.507 e. The van der Waals surface area contributed by atoms with Gasteiger partial charge in [-0.3, -0.25) is 9.55 Å². The zero-order valence-electron chi connectivity index (χ0n) is 48.3. The number of phenolic OH excluding ortho intramolecular Hbond substituents is 1. The van der Waals surface area contributed by atoms with Crippen LogP contribution < -0.4 is 0 Å². The molecule has 6 aromatic carbocycles. The zero-order chi connectivity index (χ0) is 53.7. The Bertz CT molecular complexity index is 3400. The number of fused-ring (bicyclic) bond motifs is 1. The van der Waals surface area contributed by atoms with E-state index in [4.69, 9.17) is 29.2 Å². The highest BCUT2D eigenvalue weighted by Gasteiger charge is 2.27. The van der Waals surface area contributed by atoms with E-state index in [0.717, 1.165) is 16.7 Å². The van der Waals surface area contributed by atoms with Crippen molar-refractivity contribution in [1.29, 1.82) is 0 Å². The summed E-state index contributed by atoms with van der Waals surface area (Å²) < 4.78 is 121. The summed E-state index contributed by atoms with van der Waals surface area (Å²) in [5.41, 5.74) is 3.44. The lowest BCUT2D eigenvalue weighted by atomic mass is 9.83. The minimum absolute atomic E-state index is 0.0440. The first-order chi connectivity index (χ1) is 33.8. The Hall–Kier alpha value is -6.26. The van der Waals surface area contributed by atoms with E-state index in [0.29, 0.717) is 61.4 Å². The third-order valence-corrected chi connectivity index (χ3v) is 10.8. The van der Waals surface area contributed by atoms with E-state index in [1.165, 1.54) is 24.4 Å². The van der Waals surface area contributed by atoms with Crippen LogP contribution in [0.3, 0.4) is 0 Å². The first kappa shape index (κ1) is 26.0. The fourth-order valence-corrected chi connectivity index (χ4v) is 7.46. The zero-order valence-corrected chi connectivity index (χ0v) is 34.3. The van der Waals surface area contributed by atoms with E-state index in [9.17, 15) is 5.11 Å². The van der Waals surface area contributed by atoms with Crippen LogP contribution in [0.4, 0.5) is 0 Å². The summed E-state index contributed by atoms with van der Waals surface area (Å²) in [7, 11) is 0. The Labute approximate surface area is 370 Å². The lowest BCUT2D eigenvalue weighted by Gasteiger charge is -2.24. The van der Waals surface area contributed by atoms with Crippen LogP contribution in [-0.4, -0.2) is 19.6 Å². The van der Waals surface area contributed by atoms with Gasteiger partial charge in [-0.2, -0.15) is 0 Å². The lowest BCUT2D eigenvalue weighted by molar-refractivity contribution is 0.471. The molecular formula is C55H55N3O. The summed E-state index contributed by atoms with van der Waals surface area (Å²) in [6.07, 6.45) is 1.54. The van der Waals surface area contributed by atoms with Crippen LogP contribution >= 0.6 is 0 Å². The molecule has 0 spiro atoms. The molecule has 2 heterocycles. The molecule has 0 bridgehead atoms. The predicted octanol–water partition coefficient (Wildman–Crippen LogP) is 14.7. The van der Waals surface area contributed by atoms with Crippen LogP contribution in [-0.2, 0) is 16.2 Å². The Morgan fingerprint density at radius 3 is 1.98 bits per heavy atom. The molecule has 0 atom stereocenters. The maximum absolute atomic E-state index is 12.1. The van der Waals surface area contributed by atoms with Crippen molar-refractivity contribution in [3.63, 3.8) is 0 Å². The molecule has 0 aliphatic carbocycles. The average molecular weight is 788 g/mol. The Kier molecular flexibility index (Phi) is 6.53. The molecule has 4 heteroatoms. The fourth-order valence-electron chi connectivity index (χ4n) is 7.46. The minimum atomic E-state index is -3.52. The third-order valence-electron chi connectivity index (χ3n) is 10.8. The molecule has 296 valence electrons. The number of benzene rings is 6. The smallest absolute Gasteiger partial charge is 0.149 e. The van der Waals surface area contributed by atoms with Gasteiger partial charge >= 0.3 is 0 Å². The molecule has 0 aliphatic rings. The quantitative estimate of drug-likeness (QED) is 0.183. The first-order valence-electron chi connectivity index (χ1n) is 26.6. The van der Waals surface area contributed by atoms with E-state index in [-0.39, 0.29) is 34.6 Å². The van der Waals surface area contributed by atoms with Crippen molar-refractivity contribution in [3.8, 4) is 67.5 Å². The number of aromatic nitrogens is 3. The number of hydrogen-bond donors (Lipinski definition) is 1. The number of aryl methyl sites for hydroxylation is 1. The van der Waals surface area contributed by atoms with Crippen LogP contribution in [0.25, 0.3) is 72.7 Å². The van der Waals surface area contributed by atoms with Crippen LogP contribution in [0.1, 0.15) is 104 Å². The Morgan fingerprint density at radius 1 is 0.576 bits per heavy atom. The summed E-state index contributed by atoms with van der Waals surface area (Å²) in [6, 6.07) is 29.6. The number of hydrogen-bond acceptors (Lipinski definition) is 3. The number of rotatable bonds is 6. The van der Waals surface area contributed by atoms with Gasteiger partial charge in [-0.1, -0.05) is 153 Å². The maximum atomic E-state index is 12.1. The monoisotopic (exact) mass is 788 g/mol. The van der Waals surface area contributed by atoms with Gasteiger partial charge in [-0.05, 0) is 116 Å². The van der Waals surface area contributed by atoms with E-state index in [2.05, 4.69) is 47.6 Å². The predicted molar refractivity (Wildman–Crippen MR) is 249 cm³/mol. The second-order valence-electron chi connectivity index (χ2n) is 17.2. The highest BCUT2D eigenvalue weighted by Crippen LogP contribution is 2.44. The van der Waals surface area contributed by atoms with E-state index < -0.39 is 55.1 Å². The molecule has 2 aromatic heterocycles. The summed E-state index contributed by atoms with van der Waals surface area (Å²) in [5.74, 6) is 0.241. The van der Waals surface area contributed by atoms with Crippen molar-refractivity contribution in [2.75, 3.05) is 0 Å². The lowest BCUT2D eigenvalue weighted by Crippen LogP contribution is -2.13. The molecule has 0 radical (unpaired) electrons. The van der Waals surface area contributed by atoms with Crippen molar-refractivity contribution in [3.05, 3.63) is 168 Å². The number of para-hydroxylation sites is 1. The molecule has 8 rings (SSSR count). The molecular weight excluding hydrogens is 719 g/mol. The molecule has 4 nitrogen and oxygen atoms in total. The van der Waals surface area contributed by atoms with Gasteiger partial charge in [0, 0.05) is 35.2 Å². The number of phenols is 1. The fraction of sp³-hybridized carbons (Fsp3) is 0.236. The van der Waals surface area contributed by atoms with E-state index >= 15 is 0 Å². The highest BCUT2D eigenvalue weighted by atomic mass is 16.3. The second kappa shape index (κ2) is 14.8. The molecule has 0 saturated heterocycles. The normalized spacial score (nSPS) is 16.4. The molecule has 0 fully saturated rings. The summed E-state index contributed by atoms with van der Waals surface area (Å²) in [4.78, 5) is 10.1. The molecule has 0 saturated carbocycles. The molecule has 59 heavy (non-hydrogen) atoms. The summed E-state index contributed by atoms with van der Waals surface area (Å²) in [5, 5.41) is 12.1. The van der Waals surface area contributed by atoms with Crippen LogP contribution in [0.5, 0.6) is 5.75 Å². The van der Waals surface area contributed by atoms with Crippen molar-refractivity contribution < 1.29 is 24.3 Å². The van der Waals surface area contributed by atoms with Gasteiger partial charge in [0.2, 0.25) is 0 Å². The van der Waals surface area contributed by atoms with Gasteiger partial charge in [0.1, 0.15) is 11.6 Å². The van der Waals surface area contributed by atoms with Gasteiger partial charge in [0.05, 0.1) is 34.8 Å². The average Bonchev–Trinajstić information content (AvgIpc) is 3.69. The number of nitrogens with zero attached hydrogens (tertiary/aromatic N) is 3. The molecule has 0 aliphatic heterocycles. The van der Waals surface area contributed by atoms with Crippen LogP contribution in [0, 0.1) is 6.92 Å². The number of pyridine rings is 1. The van der Waals surface area contributed by atoms with Gasteiger partial charge in [0.25, 0.3) is 0 Å². The Morgan fingerprint density at radius 2 is 1.27 bits per heavy atom. The minimum Gasteiger partial charge on any atom is -0.507 e. The molecule has 8 aromatic rings. The van der Waals surface area contributed by atoms with Crippen LogP contribution in [0.2, 0.25) is 0 Å². The summed E-state index contributed by atoms with van der Waals surface area (Å²) in [6.45, 7) is 3.61. The SMILES string of the molecule is [2H]c1c([2H])c([2H])c(-c2ccnc(-c3cc(-c4cccc5c4nc(-c4cc(C(C)(C)C)cc(C)c4O)n5-c4ccc(C(C([2H])([2H])[2H])(C([2H])([2H])[2H])C([2H])([2H])[2H])cc4-c4ccccc4)cc(C(C)(C)C)c3)c2)c([2H])c1[2H]. The van der Waals surface area contributed by atoms with Crippen LogP contribution in [0.15, 0.2) is 146 Å². The van der Waals surface area contributed by atoms with Gasteiger partial charge in [0.15, 0.2) is 0 Å². The van der Waals surface area contributed by atoms with Crippen molar-refractivity contribution in [2.45, 2.75) is 85.3 Å². The molecule has 0 amide bonds. The van der Waals surface area contributed by atoms with Gasteiger partial charge in [-0.15, -0.1) is 0 Å². The molecule has 0 unspecified atom stereocenters. The topological polar surface area (TPSA) is 50.9 Å². The van der Waals surface area contributed by atoms with E-state index in [1.54, 1.807) is 49.4 Å². The maximum Gasteiger partial charge on any atom is 0.149 e. The third kappa shape index (κ3) is 7.72. The first-order valence-corrected chi connectivity index (χ1v) is 19.6. The standard InChI is InChI=1S/C55H55N3O/c1-35-28-42(54(5,6)7)34-46(51(35)59)52-57-50-44(22-17-23-49(50)58(52)48-25-24-41(53(2,3)4)33-45(48)37-20-15-12-16-21-37)39-29-40(31-43(30-39)55(8,9)10)47-32-38(26-27-56-47)36-18-13-11-14-19-36/h11-34,59H,1-10H3/i2D3,3D3,4D3,11D,13D,14D,18D,19D. The van der Waals surface area contributed by atoms with E-state index in [1.807, 2.05) is 47.0 Å². The second-order valence-corrected chi connectivity index (χ2v) is 17.2. The number of aromatic hydroxyl groups is 1. The highest BCUT2D eigenvalue weighted by molar-refractivity contribution is 5.98. The van der Waals surface area contributed by atoms with Crippen molar-refractivity contribution in [2.24, 2.45) is 0 Å². The van der Waals surface area contributed by atoms with Crippen molar-refractivity contribution in [1.82, 2.24) is 14.5 Å². The van der Waals surface area contributed by atoms with Gasteiger partial charge in [-0.25, -0.2) is 4.98 Å².